The molecule has 3 aromatic rings. The summed E-state index contributed by atoms with van der Waals surface area (Å²) in [5, 5.41) is 2.90. The van der Waals surface area contributed by atoms with E-state index in [2.05, 4.69) is 15.3 Å². The highest BCUT2D eigenvalue weighted by Crippen LogP contribution is 2.22. The number of rotatable bonds is 4. The van der Waals surface area contributed by atoms with Gasteiger partial charge in [-0.2, -0.15) is 11.8 Å². The lowest BCUT2D eigenvalue weighted by atomic mass is 10.1. The van der Waals surface area contributed by atoms with Gasteiger partial charge in [-0.15, -0.1) is 0 Å². The number of carbonyl (C=O) groups excluding carboxylic acids is 2. The minimum absolute atomic E-state index is 0.120. The fraction of sp³-hybridized carbons (Fsp3) is 0.300. The van der Waals surface area contributed by atoms with E-state index in [4.69, 9.17) is 4.42 Å². The first-order valence-electron chi connectivity index (χ1n) is 9.25. The van der Waals surface area contributed by atoms with Crippen molar-refractivity contribution in [2.24, 2.45) is 0 Å². The molecule has 4 rings (SSSR count). The molecule has 2 aromatic heterocycles. The second-order valence-electron chi connectivity index (χ2n) is 6.77. The van der Waals surface area contributed by atoms with Crippen LogP contribution in [0.25, 0.3) is 11.1 Å². The number of H-pyrrole nitrogens is 1. The number of nitrogens with one attached hydrogen (secondary N) is 2. The van der Waals surface area contributed by atoms with Crippen LogP contribution in [0.15, 0.2) is 39.8 Å². The second kappa shape index (κ2) is 8.12. The summed E-state index contributed by atoms with van der Waals surface area (Å²) < 4.78 is 5.42. The molecule has 1 fully saturated rings. The minimum Gasteiger partial charge on any atom is -0.442 e. The Hall–Kier alpha value is -3.07. The van der Waals surface area contributed by atoms with Crippen molar-refractivity contribution in [3.05, 3.63) is 57.8 Å². The molecule has 1 aliphatic rings. The van der Waals surface area contributed by atoms with Gasteiger partial charge in [-0.3, -0.25) is 14.4 Å². The Kier molecular flexibility index (Phi) is 5.39. The number of carbonyl (C=O) groups is 2. The van der Waals surface area contributed by atoms with Gasteiger partial charge in [-0.1, -0.05) is 12.1 Å². The summed E-state index contributed by atoms with van der Waals surface area (Å²) in [5.74, 6) is 1.96. The van der Waals surface area contributed by atoms with Crippen molar-refractivity contribution >= 4 is 40.4 Å². The van der Waals surface area contributed by atoms with Crippen molar-refractivity contribution < 1.29 is 14.0 Å². The Morgan fingerprint density at radius 3 is 2.69 bits per heavy atom. The van der Waals surface area contributed by atoms with Gasteiger partial charge < -0.3 is 19.6 Å². The van der Waals surface area contributed by atoms with E-state index in [1.54, 1.807) is 19.1 Å². The number of hydrogen-bond donors (Lipinski definition) is 2. The molecule has 150 valence electrons. The van der Waals surface area contributed by atoms with Crippen LogP contribution in [0.5, 0.6) is 0 Å². The number of furan rings is 1. The van der Waals surface area contributed by atoms with Gasteiger partial charge in [-0.05, 0) is 24.6 Å². The first kappa shape index (κ1) is 19.3. The van der Waals surface area contributed by atoms with E-state index in [1.165, 1.54) is 6.33 Å². The molecule has 2 N–H and O–H groups in total. The van der Waals surface area contributed by atoms with Crippen LogP contribution in [-0.2, 0) is 11.2 Å². The molecule has 0 atom stereocenters. The van der Waals surface area contributed by atoms with Crippen molar-refractivity contribution in [2.75, 3.05) is 29.9 Å². The largest absolute Gasteiger partial charge is 0.442 e. The van der Waals surface area contributed by atoms with Gasteiger partial charge in [0, 0.05) is 30.3 Å². The van der Waals surface area contributed by atoms with E-state index in [0.717, 1.165) is 30.2 Å². The number of hydrogen-bond acceptors (Lipinski definition) is 6. The van der Waals surface area contributed by atoms with Crippen LogP contribution >= 0.6 is 11.8 Å². The molecular weight excluding hydrogens is 392 g/mol. The second-order valence-corrected chi connectivity index (χ2v) is 7.99. The average molecular weight is 412 g/mol. The molecule has 0 radical (unpaired) electrons. The van der Waals surface area contributed by atoms with Gasteiger partial charge in [0.05, 0.1) is 18.3 Å². The predicted octanol–water partition coefficient (Wildman–Crippen LogP) is 2.19. The molecule has 0 saturated carbocycles. The van der Waals surface area contributed by atoms with Gasteiger partial charge in [0.15, 0.2) is 0 Å². The van der Waals surface area contributed by atoms with E-state index < -0.39 is 11.5 Å². The number of amides is 2. The normalized spacial score (nSPS) is 14.2. The number of aromatic nitrogens is 2. The summed E-state index contributed by atoms with van der Waals surface area (Å²) in [6, 6.07) is 7.13. The van der Waals surface area contributed by atoms with Crippen molar-refractivity contribution in [1.82, 2.24) is 14.9 Å². The van der Waals surface area contributed by atoms with Gasteiger partial charge >= 0.3 is 0 Å². The number of thioether (sulfide) groups is 1. The SMILES string of the molecule is Cc1oc2nc[nH]c(=O)c2c1C(=O)Nc1ccc(CC(=O)N2CCSCC2)cc1. The van der Waals surface area contributed by atoms with E-state index in [-0.39, 0.29) is 22.6 Å². The maximum absolute atomic E-state index is 12.7. The number of aryl methyl sites for hydroxylation is 1. The zero-order chi connectivity index (χ0) is 20.4. The summed E-state index contributed by atoms with van der Waals surface area (Å²) in [7, 11) is 0. The number of aromatic amines is 1. The summed E-state index contributed by atoms with van der Waals surface area (Å²) >= 11 is 1.86. The van der Waals surface area contributed by atoms with Crippen molar-refractivity contribution in [1.29, 1.82) is 0 Å². The van der Waals surface area contributed by atoms with Gasteiger partial charge in [-0.25, -0.2) is 4.98 Å². The molecule has 1 saturated heterocycles. The maximum atomic E-state index is 12.7. The molecule has 0 aliphatic carbocycles. The minimum atomic E-state index is -0.450. The Balaban J connectivity index is 1.46. The van der Waals surface area contributed by atoms with E-state index >= 15 is 0 Å². The number of nitrogens with zero attached hydrogens (tertiary/aromatic N) is 2. The van der Waals surface area contributed by atoms with Crippen LogP contribution in [0.3, 0.4) is 0 Å². The molecule has 29 heavy (non-hydrogen) atoms. The third-order valence-electron chi connectivity index (χ3n) is 4.83. The molecule has 0 bridgehead atoms. The number of anilines is 1. The zero-order valence-electron chi connectivity index (χ0n) is 15.9. The highest BCUT2D eigenvalue weighted by molar-refractivity contribution is 7.99. The Morgan fingerprint density at radius 2 is 1.97 bits per heavy atom. The van der Waals surface area contributed by atoms with Crippen LogP contribution in [0.4, 0.5) is 5.69 Å². The molecule has 0 spiro atoms. The van der Waals surface area contributed by atoms with Crippen LogP contribution in [0, 0.1) is 6.92 Å². The van der Waals surface area contributed by atoms with Crippen LogP contribution in [-0.4, -0.2) is 51.3 Å². The fourth-order valence-corrected chi connectivity index (χ4v) is 4.23. The molecule has 0 unspecified atom stereocenters. The van der Waals surface area contributed by atoms with Crippen molar-refractivity contribution in [2.45, 2.75) is 13.3 Å². The van der Waals surface area contributed by atoms with E-state index in [0.29, 0.717) is 17.9 Å². The Bertz CT molecular complexity index is 1110. The van der Waals surface area contributed by atoms with Crippen molar-refractivity contribution in [3.8, 4) is 0 Å². The highest BCUT2D eigenvalue weighted by Gasteiger charge is 2.22. The van der Waals surface area contributed by atoms with Crippen LogP contribution < -0.4 is 10.9 Å². The predicted molar refractivity (Wildman–Crippen MR) is 111 cm³/mol. The molecule has 1 aliphatic heterocycles. The first-order chi connectivity index (χ1) is 14.0. The van der Waals surface area contributed by atoms with Gasteiger partial charge in [0.2, 0.25) is 11.6 Å². The van der Waals surface area contributed by atoms with Gasteiger partial charge in [0.25, 0.3) is 11.5 Å². The first-order valence-corrected chi connectivity index (χ1v) is 10.4. The smallest absolute Gasteiger partial charge is 0.262 e. The fourth-order valence-electron chi connectivity index (χ4n) is 3.33. The van der Waals surface area contributed by atoms with E-state index in [9.17, 15) is 14.4 Å². The molecule has 2 amide bonds. The molecule has 1 aromatic carbocycles. The summed E-state index contributed by atoms with van der Waals surface area (Å²) in [4.78, 5) is 45.5. The van der Waals surface area contributed by atoms with E-state index in [1.807, 2.05) is 28.8 Å². The molecule has 8 nitrogen and oxygen atoms in total. The standard InChI is InChI=1S/C20H20N4O4S/c1-12-16(17-18(26)21-11-22-20(17)28-12)19(27)23-14-4-2-13(3-5-14)10-15(25)24-6-8-29-9-7-24/h2-5,11H,6-10H2,1H3,(H,23,27)(H,21,22,26). The Labute approximate surface area is 170 Å². The maximum Gasteiger partial charge on any atom is 0.262 e. The van der Waals surface area contributed by atoms with Gasteiger partial charge in [0.1, 0.15) is 11.1 Å². The monoisotopic (exact) mass is 412 g/mol. The summed E-state index contributed by atoms with van der Waals surface area (Å²) in [5.41, 5.74) is 1.31. The quantitative estimate of drug-likeness (QED) is 0.680. The Morgan fingerprint density at radius 1 is 1.24 bits per heavy atom. The summed E-state index contributed by atoms with van der Waals surface area (Å²) in [6.07, 6.45) is 1.57. The molecule has 3 heterocycles. The van der Waals surface area contributed by atoms with Crippen molar-refractivity contribution in [3.63, 3.8) is 0 Å². The summed E-state index contributed by atoms with van der Waals surface area (Å²) in [6.45, 7) is 3.21. The zero-order valence-corrected chi connectivity index (χ0v) is 16.7. The van der Waals surface area contributed by atoms with Crippen LogP contribution in [0.1, 0.15) is 21.7 Å². The van der Waals surface area contributed by atoms with Crippen LogP contribution in [0.2, 0.25) is 0 Å². The highest BCUT2D eigenvalue weighted by atomic mass is 32.2. The third kappa shape index (κ3) is 4.04. The average Bonchev–Trinajstić information content (AvgIpc) is 3.07. The third-order valence-corrected chi connectivity index (χ3v) is 5.77. The lowest BCUT2D eigenvalue weighted by Gasteiger charge is -2.26. The topological polar surface area (TPSA) is 108 Å². The lowest BCUT2D eigenvalue weighted by Crippen LogP contribution is -2.38. The number of fused-ring (bicyclic) bond motifs is 1. The molecular formula is C20H20N4O4S. The molecule has 9 heteroatoms. The number of benzene rings is 1. The lowest BCUT2D eigenvalue weighted by molar-refractivity contribution is -0.130.